The molecule has 1 aromatic heterocycles. The van der Waals surface area contributed by atoms with Crippen molar-refractivity contribution in [3.63, 3.8) is 0 Å². The zero-order valence-electron chi connectivity index (χ0n) is 9.95. The lowest BCUT2D eigenvalue weighted by Gasteiger charge is -2.04. The molecule has 0 fully saturated rings. The molecule has 0 aliphatic carbocycles. The number of hydrogen-bond acceptors (Lipinski definition) is 2. The van der Waals surface area contributed by atoms with Gasteiger partial charge in [-0.1, -0.05) is 12.1 Å². The van der Waals surface area contributed by atoms with Gasteiger partial charge in [-0.05, 0) is 18.2 Å². The molecule has 0 unspecified atom stereocenters. The summed E-state index contributed by atoms with van der Waals surface area (Å²) in [7, 11) is 0. The Morgan fingerprint density at radius 2 is 1.75 bits per heavy atom. The molecule has 0 bridgehead atoms. The quantitative estimate of drug-likeness (QED) is 0.742. The molecule has 0 amide bonds. The molecule has 0 radical (unpaired) electrons. The van der Waals surface area contributed by atoms with E-state index in [0.29, 0.717) is 5.56 Å². The van der Waals surface area contributed by atoms with E-state index in [2.05, 4.69) is 9.97 Å². The topological polar surface area (TPSA) is 45.8 Å². The van der Waals surface area contributed by atoms with E-state index in [1.54, 1.807) is 6.07 Å². The Bertz CT molecular complexity index is 874. The highest BCUT2D eigenvalue weighted by Gasteiger charge is 2.10. The van der Waals surface area contributed by atoms with Gasteiger partial charge in [0.1, 0.15) is 11.6 Å². The van der Waals surface area contributed by atoms with Crippen molar-refractivity contribution in [1.29, 1.82) is 0 Å². The van der Waals surface area contributed by atoms with Gasteiger partial charge in [-0.2, -0.15) is 0 Å². The summed E-state index contributed by atoms with van der Waals surface area (Å²) in [5.74, 6) is -2.62. The van der Waals surface area contributed by atoms with Crippen molar-refractivity contribution in [3.05, 3.63) is 64.2 Å². The zero-order valence-corrected chi connectivity index (χ0v) is 9.95. The van der Waals surface area contributed by atoms with Gasteiger partial charge < -0.3 is 4.98 Å². The molecule has 2 aromatic carbocycles. The molecule has 0 saturated heterocycles. The second-order valence-electron chi connectivity index (χ2n) is 4.21. The zero-order chi connectivity index (χ0) is 14.3. The van der Waals surface area contributed by atoms with Crippen LogP contribution in [0.25, 0.3) is 22.3 Å². The van der Waals surface area contributed by atoms with E-state index in [1.165, 1.54) is 18.2 Å². The number of fused-ring (bicyclic) bond motifs is 1. The van der Waals surface area contributed by atoms with Crippen LogP contribution in [0.3, 0.4) is 0 Å². The average molecular weight is 276 g/mol. The van der Waals surface area contributed by atoms with Crippen molar-refractivity contribution in [2.45, 2.75) is 0 Å². The average Bonchev–Trinajstić information content (AvgIpc) is 2.41. The maximum atomic E-state index is 13.2. The van der Waals surface area contributed by atoms with E-state index >= 15 is 0 Å². The Kier molecular flexibility index (Phi) is 2.78. The highest BCUT2D eigenvalue weighted by molar-refractivity contribution is 5.79. The van der Waals surface area contributed by atoms with Crippen LogP contribution in [-0.4, -0.2) is 9.97 Å². The van der Waals surface area contributed by atoms with E-state index in [0.717, 1.165) is 12.1 Å². The summed E-state index contributed by atoms with van der Waals surface area (Å²) in [6.45, 7) is 0. The molecule has 0 aliphatic heterocycles. The molecule has 3 rings (SSSR count). The third-order valence-electron chi connectivity index (χ3n) is 2.85. The van der Waals surface area contributed by atoms with Crippen LogP contribution < -0.4 is 5.56 Å². The van der Waals surface area contributed by atoms with E-state index in [4.69, 9.17) is 0 Å². The van der Waals surface area contributed by atoms with Crippen molar-refractivity contribution in [3.8, 4) is 11.4 Å². The van der Waals surface area contributed by atoms with Gasteiger partial charge in [0.25, 0.3) is 5.56 Å². The lowest BCUT2D eigenvalue weighted by atomic mass is 10.2. The smallest absolute Gasteiger partial charge is 0.259 e. The molecule has 3 aromatic rings. The lowest BCUT2D eigenvalue weighted by Crippen LogP contribution is -2.10. The lowest BCUT2D eigenvalue weighted by molar-refractivity contribution is 0.510. The number of nitrogens with one attached hydrogen (secondary N) is 1. The first-order valence-corrected chi connectivity index (χ1v) is 5.69. The highest BCUT2D eigenvalue weighted by atomic mass is 19.2. The van der Waals surface area contributed by atoms with Crippen molar-refractivity contribution in [2.24, 2.45) is 0 Å². The fraction of sp³-hybridized carbons (Fsp3) is 0. The number of halogens is 3. The van der Waals surface area contributed by atoms with Crippen molar-refractivity contribution >= 4 is 10.9 Å². The van der Waals surface area contributed by atoms with Crippen LogP contribution >= 0.6 is 0 Å². The van der Waals surface area contributed by atoms with Crippen LogP contribution in [0.5, 0.6) is 0 Å². The fourth-order valence-electron chi connectivity index (χ4n) is 1.91. The van der Waals surface area contributed by atoms with Gasteiger partial charge in [0, 0.05) is 11.6 Å². The molecular weight excluding hydrogens is 269 g/mol. The summed E-state index contributed by atoms with van der Waals surface area (Å²) >= 11 is 0. The van der Waals surface area contributed by atoms with E-state index in [9.17, 15) is 18.0 Å². The second-order valence-corrected chi connectivity index (χ2v) is 4.21. The predicted octanol–water partition coefficient (Wildman–Crippen LogP) is 3.01. The largest absolute Gasteiger partial charge is 0.306 e. The molecule has 0 atom stereocenters. The number of aromatic amines is 1. The Balaban J connectivity index is 2.29. The Morgan fingerprint density at radius 3 is 2.50 bits per heavy atom. The number of aromatic nitrogens is 2. The molecule has 0 aliphatic rings. The van der Waals surface area contributed by atoms with Crippen LogP contribution in [0.15, 0.2) is 41.2 Å². The van der Waals surface area contributed by atoms with Crippen LogP contribution in [0.2, 0.25) is 0 Å². The second kappa shape index (κ2) is 4.48. The van der Waals surface area contributed by atoms with E-state index in [-0.39, 0.29) is 16.7 Å². The number of nitrogens with zero attached hydrogens (tertiary/aromatic N) is 1. The molecule has 6 heteroatoms. The van der Waals surface area contributed by atoms with Crippen LogP contribution in [0.1, 0.15) is 0 Å². The first kappa shape index (κ1) is 12.4. The number of hydrogen-bond donors (Lipinski definition) is 1. The van der Waals surface area contributed by atoms with Crippen LogP contribution in [0.4, 0.5) is 13.2 Å². The first-order valence-electron chi connectivity index (χ1n) is 5.69. The molecule has 1 heterocycles. The molecule has 0 saturated carbocycles. The van der Waals surface area contributed by atoms with Gasteiger partial charge >= 0.3 is 0 Å². The summed E-state index contributed by atoms with van der Waals surface area (Å²) in [6, 6.07) is 7.06. The molecule has 3 nitrogen and oxygen atoms in total. The molecule has 0 spiro atoms. The van der Waals surface area contributed by atoms with E-state index < -0.39 is 23.0 Å². The summed E-state index contributed by atoms with van der Waals surface area (Å²) < 4.78 is 39.4. The van der Waals surface area contributed by atoms with Crippen molar-refractivity contribution < 1.29 is 13.2 Å². The number of benzene rings is 2. The Hall–Kier alpha value is -2.63. The van der Waals surface area contributed by atoms with Gasteiger partial charge in [0.2, 0.25) is 0 Å². The van der Waals surface area contributed by atoms with Gasteiger partial charge in [-0.3, -0.25) is 4.79 Å². The third-order valence-corrected chi connectivity index (χ3v) is 2.85. The van der Waals surface area contributed by atoms with Gasteiger partial charge in [0.15, 0.2) is 11.6 Å². The third kappa shape index (κ3) is 2.05. The van der Waals surface area contributed by atoms with Gasteiger partial charge in [0.05, 0.1) is 10.9 Å². The maximum absolute atomic E-state index is 13.2. The summed E-state index contributed by atoms with van der Waals surface area (Å²) in [6.07, 6.45) is 0. The van der Waals surface area contributed by atoms with Gasteiger partial charge in [-0.25, -0.2) is 18.2 Å². The molecule has 20 heavy (non-hydrogen) atoms. The fourth-order valence-corrected chi connectivity index (χ4v) is 1.91. The molecular formula is C14H7F3N2O. The van der Waals surface area contributed by atoms with Gasteiger partial charge in [-0.15, -0.1) is 0 Å². The van der Waals surface area contributed by atoms with Crippen LogP contribution in [0, 0.1) is 17.5 Å². The molecule has 100 valence electrons. The highest BCUT2D eigenvalue weighted by Crippen LogP contribution is 2.19. The summed E-state index contributed by atoms with van der Waals surface area (Å²) in [4.78, 5) is 18.3. The SMILES string of the molecule is O=c1[nH]c(-c2cccc(F)c2)nc2cc(F)c(F)cc12. The maximum Gasteiger partial charge on any atom is 0.259 e. The standard InChI is InChI=1S/C14H7F3N2O/c15-8-3-1-2-7(4-8)13-18-12-6-11(17)10(16)5-9(12)14(20)19-13/h1-6H,(H,18,19,20). The first-order chi connectivity index (χ1) is 9.54. The monoisotopic (exact) mass is 276 g/mol. The minimum Gasteiger partial charge on any atom is -0.306 e. The van der Waals surface area contributed by atoms with E-state index in [1.807, 2.05) is 0 Å². The minimum atomic E-state index is -1.12. The van der Waals surface area contributed by atoms with Crippen molar-refractivity contribution in [1.82, 2.24) is 9.97 Å². The van der Waals surface area contributed by atoms with Crippen LogP contribution in [-0.2, 0) is 0 Å². The summed E-state index contributed by atoms with van der Waals surface area (Å²) in [5.41, 5.74) is -0.270. The minimum absolute atomic E-state index is 0.00640. The predicted molar refractivity (Wildman–Crippen MR) is 67.7 cm³/mol. The number of H-pyrrole nitrogens is 1. The molecule has 1 N–H and O–H groups in total. The normalized spacial score (nSPS) is 10.9. The summed E-state index contributed by atoms with van der Waals surface area (Å²) in [5, 5.41) is -0.0657. The Labute approximate surface area is 110 Å². The van der Waals surface area contributed by atoms with Crippen molar-refractivity contribution in [2.75, 3.05) is 0 Å². The Morgan fingerprint density at radius 1 is 1.00 bits per heavy atom. The number of rotatable bonds is 1.